The maximum atomic E-state index is 13.2. The molecule has 2 aromatic rings. The Morgan fingerprint density at radius 1 is 1.15 bits per heavy atom. The Morgan fingerprint density at radius 3 is 2.35 bits per heavy atom. The van der Waals surface area contributed by atoms with E-state index in [2.05, 4.69) is 0 Å². The van der Waals surface area contributed by atoms with Crippen molar-refractivity contribution in [2.75, 3.05) is 11.6 Å². The monoisotopic (exact) mass is 372 g/mol. The molecule has 4 N–H and O–H groups in total. The molecular formula is C17H16F4N2O3. The van der Waals surface area contributed by atoms with Crippen LogP contribution in [0.25, 0.3) is 11.1 Å². The average molecular weight is 372 g/mol. The van der Waals surface area contributed by atoms with Crippen LogP contribution in [0.1, 0.15) is 5.56 Å². The number of benzene rings is 2. The third-order valence-electron chi connectivity index (χ3n) is 3.65. The van der Waals surface area contributed by atoms with E-state index in [4.69, 9.17) is 15.6 Å². The van der Waals surface area contributed by atoms with Gasteiger partial charge in [-0.3, -0.25) is 10.3 Å². The highest BCUT2D eigenvalue weighted by Gasteiger charge is 2.38. The summed E-state index contributed by atoms with van der Waals surface area (Å²) in [6, 6.07) is 12.1. The number of carboxylic acids is 1. The Hall–Kier alpha value is -2.65. The molecule has 0 saturated carbocycles. The number of carboxylic acid groups (broad SMARTS) is 1. The fourth-order valence-electron chi connectivity index (χ4n) is 2.52. The van der Waals surface area contributed by atoms with Crippen LogP contribution < -0.4 is 10.8 Å². The van der Waals surface area contributed by atoms with Gasteiger partial charge in [-0.25, -0.2) is 9.18 Å². The number of anilines is 1. The van der Waals surface area contributed by atoms with Gasteiger partial charge in [0.05, 0.1) is 12.2 Å². The van der Waals surface area contributed by atoms with E-state index in [0.29, 0.717) is 6.54 Å². The Balaban J connectivity index is 0.000000298. The Bertz CT molecular complexity index is 796. The SMILES string of the molecule is N[C@H]1Cc2cc(-c3cccc(F)c3)ccc2N(O)C1.O=C(O)C(F)(F)F. The number of alkyl halides is 3. The summed E-state index contributed by atoms with van der Waals surface area (Å²) < 4.78 is 45.0. The number of fused-ring (bicyclic) bond motifs is 1. The zero-order valence-electron chi connectivity index (χ0n) is 13.4. The molecule has 2 aromatic carbocycles. The van der Waals surface area contributed by atoms with Crippen LogP contribution in [0.3, 0.4) is 0 Å². The van der Waals surface area contributed by atoms with E-state index in [0.717, 1.165) is 28.8 Å². The smallest absolute Gasteiger partial charge is 0.475 e. The van der Waals surface area contributed by atoms with Crippen molar-refractivity contribution in [1.29, 1.82) is 0 Å². The quantitative estimate of drug-likeness (QED) is 0.670. The summed E-state index contributed by atoms with van der Waals surface area (Å²) in [6.45, 7) is 0.437. The molecule has 0 fully saturated rings. The van der Waals surface area contributed by atoms with Crippen LogP contribution in [-0.4, -0.2) is 35.0 Å². The van der Waals surface area contributed by atoms with Gasteiger partial charge in [-0.05, 0) is 47.4 Å². The number of nitrogens with two attached hydrogens (primary N) is 1. The minimum absolute atomic E-state index is 0.0831. The fraction of sp³-hybridized carbons (Fsp3) is 0.235. The van der Waals surface area contributed by atoms with Crippen molar-refractivity contribution < 1.29 is 32.7 Å². The van der Waals surface area contributed by atoms with Gasteiger partial charge in [-0.2, -0.15) is 13.2 Å². The fourth-order valence-corrected chi connectivity index (χ4v) is 2.52. The van der Waals surface area contributed by atoms with Crippen LogP contribution in [0.4, 0.5) is 23.2 Å². The summed E-state index contributed by atoms with van der Waals surface area (Å²) in [6.07, 6.45) is -4.37. The molecule has 1 aliphatic rings. The van der Waals surface area contributed by atoms with Crippen LogP contribution in [0, 0.1) is 5.82 Å². The van der Waals surface area contributed by atoms with Gasteiger partial charge in [-0.1, -0.05) is 18.2 Å². The normalized spacial score (nSPS) is 16.4. The summed E-state index contributed by atoms with van der Waals surface area (Å²) in [4.78, 5) is 8.90. The minimum atomic E-state index is -5.08. The van der Waals surface area contributed by atoms with E-state index in [1.54, 1.807) is 6.07 Å². The number of hydrogen-bond acceptors (Lipinski definition) is 4. The van der Waals surface area contributed by atoms with E-state index in [9.17, 15) is 22.8 Å². The first-order chi connectivity index (χ1) is 12.1. The summed E-state index contributed by atoms with van der Waals surface area (Å²) in [7, 11) is 0. The number of carbonyl (C=O) groups is 1. The molecule has 26 heavy (non-hydrogen) atoms. The lowest BCUT2D eigenvalue weighted by molar-refractivity contribution is -0.192. The standard InChI is InChI=1S/C15H15FN2O.C2HF3O2/c16-13-3-1-2-10(7-13)11-4-5-15-12(6-11)8-14(17)9-18(15)19;3-2(4,5)1(6)7/h1-7,14,19H,8-9,17H2;(H,6,7)/t14-;/m0./s1. The Kier molecular flexibility index (Phi) is 5.83. The summed E-state index contributed by atoms with van der Waals surface area (Å²) in [5.41, 5.74) is 9.42. The molecule has 9 heteroatoms. The predicted octanol–water partition coefficient (Wildman–Crippen LogP) is 3.21. The van der Waals surface area contributed by atoms with Crippen molar-refractivity contribution >= 4 is 11.7 Å². The molecule has 5 nitrogen and oxygen atoms in total. The summed E-state index contributed by atoms with van der Waals surface area (Å²) in [5, 5.41) is 18.1. The van der Waals surface area contributed by atoms with E-state index in [1.165, 1.54) is 17.2 Å². The highest BCUT2D eigenvalue weighted by atomic mass is 19.4. The van der Waals surface area contributed by atoms with Crippen LogP contribution >= 0.6 is 0 Å². The summed E-state index contributed by atoms with van der Waals surface area (Å²) >= 11 is 0. The topological polar surface area (TPSA) is 86.8 Å². The van der Waals surface area contributed by atoms with Gasteiger partial charge in [-0.15, -0.1) is 0 Å². The zero-order chi connectivity index (χ0) is 19.5. The second-order valence-corrected chi connectivity index (χ2v) is 5.70. The first kappa shape index (κ1) is 19.7. The summed E-state index contributed by atoms with van der Waals surface area (Å²) in [5.74, 6) is -3.01. The molecule has 1 heterocycles. The molecule has 0 radical (unpaired) electrons. The average Bonchev–Trinajstić information content (AvgIpc) is 2.53. The lowest BCUT2D eigenvalue weighted by Crippen LogP contribution is -2.41. The van der Waals surface area contributed by atoms with Crippen molar-refractivity contribution in [2.45, 2.75) is 18.6 Å². The molecule has 0 amide bonds. The maximum Gasteiger partial charge on any atom is 0.490 e. The third-order valence-corrected chi connectivity index (χ3v) is 3.65. The number of halogens is 4. The molecule has 0 unspecified atom stereocenters. The maximum absolute atomic E-state index is 13.2. The van der Waals surface area contributed by atoms with Crippen molar-refractivity contribution in [3.8, 4) is 11.1 Å². The largest absolute Gasteiger partial charge is 0.490 e. The second-order valence-electron chi connectivity index (χ2n) is 5.70. The number of aliphatic carboxylic acids is 1. The molecule has 0 aliphatic carbocycles. The van der Waals surface area contributed by atoms with E-state index < -0.39 is 12.1 Å². The molecule has 1 atom stereocenters. The van der Waals surface area contributed by atoms with Gasteiger partial charge < -0.3 is 10.8 Å². The van der Waals surface area contributed by atoms with Gasteiger partial charge >= 0.3 is 12.1 Å². The van der Waals surface area contributed by atoms with Crippen LogP contribution in [0.2, 0.25) is 0 Å². The minimum Gasteiger partial charge on any atom is -0.475 e. The highest BCUT2D eigenvalue weighted by Crippen LogP contribution is 2.30. The molecular weight excluding hydrogens is 356 g/mol. The van der Waals surface area contributed by atoms with E-state index in [-0.39, 0.29) is 11.9 Å². The lowest BCUT2D eigenvalue weighted by atomic mass is 9.95. The van der Waals surface area contributed by atoms with Crippen molar-refractivity contribution in [3.05, 3.63) is 53.8 Å². The van der Waals surface area contributed by atoms with Gasteiger partial charge in [0.1, 0.15) is 5.82 Å². The van der Waals surface area contributed by atoms with Crippen LogP contribution in [-0.2, 0) is 11.2 Å². The lowest BCUT2D eigenvalue weighted by Gasteiger charge is -2.29. The first-order valence-corrected chi connectivity index (χ1v) is 7.49. The molecule has 0 spiro atoms. The van der Waals surface area contributed by atoms with Gasteiger partial charge in [0, 0.05) is 6.04 Å². The molecule has 140 valence electrons. The Morgan fingerprint density at radius 2 is 1.77 bits per heavy atom. The second kappa shape index (κ2) is 7.71. The van der Waals surface area contributed by atoms with Crippen LogP contribution in [0.15, 0.2) is 42.5 Å². The van der Waals surface area contributed by atoms with Crippen molar-refractivity contribution in [3.63, 3.8) is 0 Å². The number of hydroxylamine groups is 1. The molecule has 0 aromatic heterocycles. The van der Waals surface area contributed by atoms with Gasteiger partial charge in [0.2, 0.25) is 0 Å². The number of nitrogens with zero attached hydrogens (tertiary/aromatic N) is 1. The number of hydrogen-bond donors (Lipinski definition) is 3. The zero-order valence-corrected chi connectivity index (χ0v) is 13.4. The first-order valence-electron chi connectivity index (χ1n) is 7.49. The van der Waals surface area contributed by atoms with Crippen molar-refractivity contribution in [1.82, 2.24) is 0 Å². The van der Waals surface area contributed by atoms with Crippen molar-refractivity contribution in [2.24, 2.45) is 5.73 Å². The predicted molar refractivity (Wildman–Crippen MR) is 86.3 cm³/mol. The van der Waals surface area contributed by atoms with E-state index in [1.807, 2.05) is 24.3 Å². The molecule has 0 saturated heterocycles. The molecule has 3 rings (SSSR count). The third kappa shape index (κ3) is 4.93. The Labute approximate surface area is 146 Å². The number of rotatable bonds is 1. The molecule has 1 aliphatic heterocycles. The van der Waals surface area contributed by atoms with E-state index >= 15 is 0 Å². The molecule has 0 bridgehead atoms. The highest BCUT2D eigenvalue weighted by molar-refractivity contribution is 5.73. The van der Waals surface area contributed by atoms with Gasteiger partial charge in [0.25, 0.3) is 0 Å². The van der Waals surface area contributed by atoms with Crippen LogP contribution in [0.5, 0.6) is 0 Å². The van der Waals surface area contributed by atoms with Gasteiger partial charge in [0.15, 0.2) is 0 Å².